The maximum atomic E-state index is 12.0. The van der Waals surface area contributed by atoms with Gasteiger partial charge in [-0.15, -0.1) is 0 Å². The zero-order valence-electron chi connectivity index (χ0n) is 13.6. The van der Waals surface area contributed by atoms with Gasteiger partial charge in [0, 0.05) is 5.41 Å². The lowest BCUT2D eigenvalue weighted by Crippen LogP contribution is -2.41. The molecule has 8 heteroatoms. The summed E-state index contributed by atoms with van der Waals surface area (Å²) in [7, 11) is -4.02. The van der Waals surface area contributed by atoms with Crippen molar-refractivity contribution in [2.75, 3.05) is 0 Å². The maximum absolute atomic E-state index is 12.0. The van der Waals surface area contributed by atoms with Crippen LogP contribution >= 0.6 is 0 Å². The van der Waals surface area contributed by atoms with Crippen molar-refractivity contribution in [3.63, 3.8) is 0 Å². The van der Waals surface area contributed by atoms with Crippen molar-refractivity contribution < 1.29 is 27.9 Å². The van der Waals surface area contributed by atoms with E-state index in [1.54, 1.807) is 30.3 Å². The van der Waals surface area contributed by atoms with Gasteiger partial charge in [-0.2, -0.15) is 4.72 Å². The van der Waals surface area contributed by atoms with E-state index in [2.05, 4.69) is 0 Å². The number of ether oxygens (including phenoxy) is 1. The third-order valence-corrected chi connectivity index (χ3v) is 4.92. The van der Waals surface area contributed by atoms with E-state index in [1.807, 2.05) is 4.72 Å². The van der Waals surface area contributed by atoms with Crippen LogP contribution < -0.4 is 4.72 Å². The Morgan fingerprint density at radius 2 is 1.88 bits per heavy atom. The number of nitrogens with one attached hydrogen (secondary N) is 1. The molecule has 0 bridgehead atoms. The third kappa shape index (κ3) is 6.67. The number of rotatable bonds is 8. The van der Waals surface area contributed by atoms with E-state index < -0.39 is 34.4 Å². The Labute approximate surface area is 146 Å². The SMILES string of the molecule is O=C(C[C@H](NS(=O)(=O)C=Cc1ccccc1)C(=O)O)OC1CCCC1. The lowest BCUT2D eigenvalue weighted by Gasteiger charge is -2.15. The van der Waals surface area contributed by atoms with Crippen molar-refractivity contribution in [3.05, 3.63) is 41.3 Å². The summed E-state index contributed by atoms with van der Waals surface area (Å²) in [6, 6.07) is 7.14. The predicted molar refractivity (Wildman–Crippen MR) is 91.9 cm³/mol. The summed E-state index contributed by atoms with van der Waals surface area (Å²) >= 11 is 0. The highest BCUT2D eigenvalue weighted by atomic mass is 32.2. The van der Waals surface area contributed by atoms with Crippen molar-refractivity contribution in [1.29, 1.82) is 0 Å². The van der Waals surface area contributed by atoms with E-state index in [9.17, 15) is 23.1 Å². The van der Waals surface area contributed by atoms with Gasteiger partial charge in [0.05, 0.1) is 6.42 Å². The van der Waals surface area contributed by atoms with Crippen LogP contribution in [0.15, 0.2) is 35.7 Å². The average Bonchev–Trinajstić information content (AvgIpc) is 3.06. The topological polar surface area (TPSA) is 110 Å². The Hall–Kier alpha value is -2.19. The van der Waals surface area contributed by atoms with Crippen LogP contribution in [-0.2, 0) is 24.3 Å². The Bertz CT molecular complexity index is 723. The molecule has 25 heavy (non-hydrogen) atoms. The second-order valence-electron chi connectivity index (χ2n) is 5.87. The van der Waals surface area contributed by atoms with Crippen LogP contribution in [0.5, 0.6) is 0 Å². The monoisotopic (exact) mass is 367 g/mol. The standard InChI is InChI=1S/C17H21NO6S/c19-16(24-14-8-4-5-9-14)12-15(17(20)21)18-25(22,23)11-10-13-6-2-1-3-7-13/h1-3,6-7,10-11,14-15,18H,4-5,8-9,12H2,(H,20,21)/t15-/m0/s1. The summed E-state index contributed by atoms with van der Waals surface area (Å²) in [6.07, 6.45) is 4.05. The first-order chi connectivity index (χ1) is 11.9. The Morgan fingerprint density at radius 1 is 1.24 bits per heavy atom. The lowest BCUT2D eigenvalue weighted by atomic mass is 10.2. The van der Waals surface area contributed by atoms with E-state index in [0.717, 1.165) is 31.1 Å². The number of benzene rings is 1. The minimum atomic E-state index is -4.02. The molecule has 1 aliphatic carbocycles. The van der Waals surface area contributed by atoms with E-state index in [-0.39, 0.29) is 6.10 Å². The number of hydrogen-bond donors (Lipinski definition) is 2. The van der Waals surface area contributed by atoms with Gasteiger partial charge >= 0.3 is 11.9 Å². The van der Waals surface area contributed by atoms with Crippen LogP contribution in [-0.4, -0.2) is 37.6 Å². The fourth-order valence-electron chi connectivity index (χ4n) is 2.56. The Kier molecular flexibility index (Phi) is 6.72. The predicted octanol–water partition coefficient (Wildman–Crippen LogP) is 1.91. The number of sulfonamides is 1. The molecule has 1 atom stereocenters. The molecule has 1 aliphatic rings. The van der Waals surface area contributed by atoms with Crippen LogP contribution in [0, 0.1) is 0 Å². The van der Waals surface area contributed by atoms with Crippen LogP contribution in [0.4, 0.5) is 0 Å². The smallest absolute Gasteiger partial charge is 0.322 e. The van der Waals surface area contributed by atoms with Gasteiger partial charge in [-0.3, -0.25) is 9.59 Å². The molecule has 0 aromatic heterocycles. The molecule has 0 unspecified atom stereocenters. The first-order valence-corrected chi connectivity index (χ1v) is 9.58. The molecule has 1 fully saturated rings. The van der Waals surface area contributed by atoms with Gasteiger partial charge in [-0.05, 0) is 37.3 Å². The van der Waals surface area contributed by atoms with Crippen LogP contribution in [0.1, 0.15) is 37.7 Å². The van der Waals surface area contributed by atoms with Crippen molar-refractivity contribution in [3.8, 4) is 0 Å². The zero-order chi connectivity index (χ0) is 18.3. The van der Waals surface area contributed by atoms with Gasteiger partial charge in [0.1, 0.15) is 12.1 Å². The first-order valence-electron chi connectivity index (χ1n) is 8.03. The number of carbonyl (C=O) groups excluding carboxylic acids is 1. The summed E-state index contributed by atoms with van der Waals surface area (Å²) in [5.41, 5.74) is 0.653. The molecule has 0 aliphatic heterocycles. The number of carboxylic acids is 1. The first kappa shape index (κ1) is 19.1. The Balaban J connectivity index is 1.95. The summed E-state index contributed by atoms with van der Waals surface area (Å²) in [4.78, 5) is 23.1. The third-order valence-electron chi connectivity index (χ3n) is 3.81. The molecule has 0 amide bonds. The summed E-state index contributed by atoms with van der Waals surface area (Å²) < 4.78 is 31.2. The molecular formula is C17H21NO6S. The van der Waals surface area contributed by atoms with Crippen LogP contribution in [0.2, 0.25) is 0 Å². The summed E-state index contributed by atoms with van der Waals surface area (Å²) in [5, 5.41) is 10.0. The number of aliphatic carboxylic acids is 1. The minimum absolute atomic E-state index is 0.198. The molecule has 2 rings (SSSR count). The molecule has 0 radical (unpaired) electrons. The molecule has 1 aromatic carbocycles. The van der Waals surface area contributed by atoms with Gasteiger partial charge in [0.15, 0.2) is 0 Å². The highest BCUT2D eigenvalue weighted by molar-refractivity contribution is 7.92. The number of carboxylic acid groups (broad SMARTS) is 1. The maximum Gasteiger partial charge on any atom is 0.322 e. The minimum Gasteiger partial charge on any atom is -0.480 e. The van der Waals surface area contributed by atoms with Crippen molar-refractivity contribution in [1.82, 2.24) is 4.72 Å². The average molecular weight is 367 g/mol. The summed E-state index contributed by atoms with van der Waals surface area (Å²) in [5.74, 6) is -2.14. The molecule has 1 saturated carbocycles. The van der Waals surface area contributed by atoms with Gasteiger partial charge in [0.2, 0.25) is 10.0 Å². The molecule has 136 valence electrons. The normalized spacial score (nSPS) is 16.8. The van der Waals surface area contributed by atoms with Gasteiger partial charge in [-0.1, -0.05) is 30.3 Å². The van der Waals surface area contributed by atoms with Crippen LogP contribution in [0.25, 0.3) is 6.08 Å². The fourth-order valence-corrected chi connectivity index (χ4v) is 3.55. The van der Waals surface area contributed by atoms with E-state index in [1.165, 1.54) is 6.08 Å². The molecule has 0 spiro atoms. The fraction of sp³-hybridized carbons (Fsp3) is 0.412. The van der Waals surface area contributed by atoms with Gasteiger partial charge in [0.25, 0.3) is 0 Å². The van der Waals surface area contributed by atoms with Gasteiger partial charge < -0.3 is 9.84 Å². The summed E-state index contributed by atoms with van der Waals surface area (Å²) in [6.45, 7) is 0. The molecular weight excluding hydrogens is 346 g/mol. The molecule has 2 N–H and O–H groups in total. The quantitative estimate of drug-likeness (QED) is 0.679. The zero-order valence-corrected chi connectivity index (χ0v) is 14.4. The molecule has 0 heterocycles. The number of esters is 1. The van der Waals surface area contributed by atoms with Crippen molar-refractivity contribution >= 4 is 28.0 Å². The molecule has 1 aromatic rings. The van der Waals surface area contributed by atoms with Crippen molar-refractivity contribution in [2.45, 2.75) is 44.2 Å². The largest absolute Gasteiger partial charge is 0.480 e. The van der Waals surface area contributed by atoms with Crippen LogP contribution in [0.3, 0.4) is 0 Å². The second kappa shape index (κ2) is 8.77. The highest BCUT2D eigenvalue weighted by Gasteiger charge is 2.28. The molecule has 0 saturated heterocycles. The van der Waals surface area contributed by atoms with E-state index in [4.69, 9.17) is 4.74 Å². The van der Waals surface area contributed by atoms with E-state index in [0.29, 0.717) is 5.56 Å². The van der Waals surface area contributed by atoms with E-state index >= 15 is 0 Å². The number of carbonyl (C=O) groups is 2. The van der Waals surface area contributed by atoms with Gasteiger partial charge in [-0.25, -0.2) is 8.42 Å². The second-order valence-corrected chi connectivity index (χ2v) is 7.47. The highest BCUT2D eigenvalue weighted by Crippen LogP contribution is 2.21. The van der Waals surface area contributed by atoms with Crippen molar-refractivity contribution in [2.24, 2.45) is 0 Å². The number of hydrogen-bond acceptors (Lipinski definition) is 5. The molecule has 7 nitrogen and oxygen atoms in total. The lowest BCUT2D eigenvalue weighted by molar-refractivity contribution is -0.152. The Morgan fingerprint density at radius 3 is 2.48 bits per heavy atom.